The van der Waals surface area contributed by atoms with Crippen molar-refractivity contribution in [2.45, 2.75) is 19.4 Å². The number of hydrogen-bond donors (Lipinski definition) is 4. The van der Waals surface area contributed by atoms with Crippen LogP contribution in [0.3, 0.4) is 0 Å². The summed E-state index contributed by atoms with van der Waals surface area (Å²) >= 11 is 0. The maximum Gasteiger partial charge on any atom is 0.206 e. The average molecular weight is 196 g/mol. The Bertz CT molecular complexity index is 278. The predicted octanol–water partition coefficient (Wildman–Crippen LogP) is -0.100. The minimum atomic E-state index is 0.0970. The lowest BCUT2D eigenvalue weighted by atomic mass is 10.2. The van der Waals surface area contributed by atoms with E-state index in [-0.39, 0.29) is 6.04 Å². The van der Waals surface area contributed by atoms with Crippen LogP contribution in [0.25, 0.3) is 0 Å². The average Bonchev–Trinajstić information content (AvgIpc) is 2.73. The van der Waals surface area contributed by atoms with Gasteiger partial charge in [0.1, 0.15) is 5.82 Å². The first kappa shape index (κ1) is 10.5. The lowest BCUT2D eigenvalue weighted by Crippen LogP contribution is -2.43. The molecule has 1 aromatic rings. The molecule has 0 saturated carbocycles. The maximum atomic E-state index is 5.27. The van der Waals surface area contributed by atoms with Gasteiger partial charge in [0.05, 0.1) is 6.04 Å². The normalized spacial score (nSPS) is 13.8. The van der Waals surface area contributed by atoms with E-state index in [9.17, 15) is 0 Å². The number of nitrogens with two attached hydrogens (primary N) is 1. The van der Waals surface area contributed by atoms with Crippen LogP contribution in [0.4, 0.5) is 0 Å². The SMILES string of the molecule is CCC(NC(=NC)NN)c1ncc[nH]1. The summed E-state index contributed by atoms with van der Waals surface area (Å²) in [6, 6.07) is 0.0970. The van der Waals surface area contributed by atoms with Crippen LogP contribution in [0, 0.1) is 0 Å². The second-order valence-corrected chi connectivity index (χ2v) is 2.80. The van der Waals surface area contributed by atoms with Crippen LogP contribution in [-0.4, -0.2) is 23.0 Å². The maximum absolute atomic E-state index is 5.27. The molecule has 0 radical (unpaired) electrons. The molecule has 14 heavy (non-hydrogen) atoms. The third-order valence-electron chi connectivity index (χ3n) is 1.93. The number of rotatable bonds is 3. The molecule has 1 heterocycles. The molecular weight excluding hydrogens is 180 g/mol. The number of imidazole rings is 1. The summed E-state index contributed by atoms with van der Waals surface area (Å²) < 4.78 is 0. The van der Waals surface area contributed by atoms with Crippen molar-refractivity contribution in [1.82, 2.24) is 20.7 Å². The van der Waals surface area contributed by atoms with Gasteiger partial charge in [-0.3, -0.25) is 10.4 Å². The Morgan fingerprint density at radius 3 is 3.00 bits per heavy atom. The summed E-state index contributed by atoms with van der Waals surface area (Å²) in [7, 11) is 1.66. The van der Waals surface area contributed by atoms with Gasteiger partial charge in [-0.25, -0.2) is 10.8 Å². The van der Waals surface area contributed by atoms with Crippen LogP contribution >= 0.6 is 0 Å². The molecule has 0 aliphatic carbocycles. The third kappa shape index (κ3) is 2.46. The fourth-order valence-electron chi connectivity index (χ4n) is 1.17. The molecule has 5 N–H and O–H groups in total. The number of hydrazine groups is 1. The molecule has 0 fully saturated rings. The van der Waals surface area contributed by atoms with Crippen LogP contribution in [-0.2, 0) is 0 Å². The number of nitrogens with zero attached hydrogens (tertiary/aromatic N) is 2. The summed E-state index contributed by atoms with van der Waals surface area (Å²) in [4.78, 5) is 11.1. The van der Waals surface area contributed by atoms with E-state index in [2.05, 4.69) is 32.6 Å². The van der Waals surface area contributed by atoms with E-state index in [4.69, 9.17) is 5.84 Å². The fraction of sp³-hybridized carbons (Fsp3) is 0.500. The van der Waals surface area contributed by atoms with Crippen molar-refractivity contribution >= 4 is 5.96 Å². The molecular formula is C8H16N6. The zero-order valence-electron chi connectivity index (χ0n) is 8.41. The van der Waals surface area contributed by atoms with Gasteiger partial charge in [0.15, 0.2) is 0 Å². The number of hydrogen-bond acceptors (Lipinski definition) is 3. The van der Waals surface area contributed by atoms with E-state index in [0.29, 0.717) is 5.96 Å². The third-order valence-corrected chi connectivity index (χ3v) is 1.93. The Kier molecular flexibility index (Phi) is 3.93. The number of H-pyrrole nitrogens is 1. The fourth-order valence-corrected chi connectivity index (χ4v) is 1.17. The van der Waals surface area contributed by atoms with Crippen molar-refractivity contribution in [2.75, 3.05) is 7.05 Å². The molecule has 0 amide bonds. The highest BCUT2D eigenvalue weighted by atomic mass is 15.3. The van der Waals surface area contributed by atoms with Gasteiger partial charge in [-0.2, -0.15) is 0 Å². The van der Waals surface area contributed by atoms with Crippen LogP contribution in [0.5, 0.6) is 0 Å². The van der Waals surface area contributed by atoms with Crippen molar-refractivity contribution in [1.29, 1.82) is 0 Å². The smallest absolute Gasteiger partial charge is 0.206 e. The van der Waals surface area contributed by atoms with E-state index in [0.717, 1.165) is 12.2 Å². The Hall–Kier alpha value is -1.56. The van der Waals surface area contributed by atoms with Gasteiger partial charge in [0, 0.05) is 19.4 Å². The van der Waals surface area contributed by atoms with Crippen LogP contribution in [0.2, 0.25) is 0 Å². The predicted molar refractivity (Wildman–Crippen MR) is 55.4 cm³/mol. The van der Waals surface area contributed by atoms with Gasteiger partial charge >= 0.3 is 0 Å². The minimum absolute atomic E-state index is 0.0970. The Morgan fingerprint density at radius 2 is 2.57 bits per heavy atom. The van der Waals surface area contributed by atoms with Gasteiger partial charge in [0.25, 0.3) is 0 Å². The van der Waals surface area contributed by atoms with Gasteiger partial charge in [-0.1, -0.05) is 6.92 Å². The Labute approximate surface area is 83.0 Å². The van der Waals surface area contributed by atoms with Crippen molar-refractivity contribution in [2.24, 2.45) is 10.8 Å². The summed E-state index contributed by atoms with van der Waals surface area (Å²) in [6.45, 7) is 2.06. The summed E-state index contributed by atoms with van der Waals surface area (Å²) in [6.07, 6.45) is 4.41. The molecule has 0 bridgehead atoms. The van der Waals surface area contributed by atoms with E-state index < -0.39 is 0 Å². The monoisotopic (exact) mass is 196 g/mol. The first-order valence-electron chi connectivity index (χ1n) is 4.51. The van der Waals surface area contributed by atoms with Crippen LogP contribution < -0.4 is 16.6 Å². The topological polar surface area (TPSA) is 91.1 Å². The van der Waals surface area contributed by atoms with Crippen molar-refractivity contribution < 1.29 is 0 Å². The summed E-state index contributed by atoms with van der Waals surface area (Å²) in [5.41, 5.74) is 2.48. The van der Waals surface area contributed by atoms with Gasteiger partial charge in [0.2, 0.25) is 5.96 Å². The Morgan fingerprint density at radius 1 is 1.79 bits per heavy atom. The largest absolute Gasteiger partial charge is 0.347 e. The molecule has 0 spiro atoms. The van der Waals surface area contributed by atoms with E-state index in [1.54, 1.807) is 19.4 Å². The van der Waals surface area contributed by atoms with Crippen LogP contribution in [0.1, 0.15) is 25.2 Å². The second kappa shape index (κ2) is 5.23. The number of aliphatic imine (C=N–C) groups is 1. The molecule has 1 atom stereocenters. The summed E-state index contributed by atoms with van der Waals surface area (Å²) in [5.74, 6) is 6.69. The number of guanidine groups is 1. The van der Waals surface area contributed by atoms with Gasteiger partial charge in [-0.15, -0.1) is 0 Å². The van der Waals surface area contributed by atoms with E-state index >= 15 is 0 Å². The zero-order valence-corrected chi connectivity index (χ0v) is 8.41. The molecule has 78 valence electrons. The minimum Gasteiger partial charge on any atom is -0.347 e. The molecule has 0 aliphatic heterocycles. The zero-order chi connectivity index (χ0) is 10.4. The molecule has 0 aromatic carbocycles. The van der Waals surface area contributed by atoms with Crippen molar-refractivity contribution in [3.63, 3.8) is 0 Å². The number of aromatic nitrogens is 2. The quantitative estimate of drug-likeness (QED) is 0.235. The highest BCUT2D eigenvalue weighted by Crippen LogP contribution is 2.10. The van der Waals surface area contributed by atoms with Gasteiger partial charge in [-0.05, 0) is 6.42 Å². The molecule has 6 nitrogen and oxygen atoms in total. The van der Waals surface area contributed by atoms with E-state index in [1.807, 2.05) is 0 Å². The van der Waals surface area contributed by atoms with Crippen LogP contribution in [0.15, 0.2) is 17.4 Å². The van der Waals surface area contributed by atoms with Gasteiger partial charge < -0.3 is 10.3 Å². The van der Waals surface area contributed by atoms with Crippen molar-refractivity contribution in [3.05, 3.63) is 18.2 Å². The molecule has 0 saturated heterocycles. The summed E-state index contributed by atoms with van der Waals surface area (Å²) in [5, 5.41) is 3.13. The standard InChI is InChI=1S/C8H16N6/c1-3-6(7-11-4-5-12-7)13-8(10-2)14-9/h4-6H,3,9H2,1-2H3,(H,11,12)(H2,10,13,14). The molecule has 6 heteroatoms. The number of nitrogens with one attached hydrogen (secondary N) is 3. The lowest BCUT2D eigenvalue weighted by Gasteiger charge is -2.16. The second-order valence-electron chi connectivity index (χ2n) is 2.80. The Balaban J connectivity index is 2.64. The first-order valence-corrected chi connectivity index (χ1v) is 4.51. The molecule has 0 aliphatic rings. The lowest BCUT2D eigenvalue weighted by molar-refractivity contribution is 0.581. The highest BCUT2D eigenvalue weighted by Gasteiger charge is 2.12. The van der Waals surface area contributed by atoms with Crippen molar-refractivity contribution in [3.8, 4) is 0 Å². The molecule has 1 unspecified atom stereocenters. The van der Waals surface area contributed by atoms with E-state index in [1.165, 1.54) is 0 Å². The molecule has 1 rings (SSSR count). The first-order chi connectivity index (χ1) is 6.81. The number of aromatic amines is 1. The highest BCUT2D eigenvalue weighted by molar-refractivity contribution is 5.79. The molecule has 1 aromatic heterocycles.